The van der Waals surface area contributed by atoms with Gasteiger partial charge in [0.15, 0.2) is 0 Å². The van der Waals surface area contributed by atoms with Gasteiger partial charge in [0, 0.05) is 12.8 Å². The Morgan fingerprint density at radius 2 is 2.00 bits per heavy atom. The van der Waals surface area contributed by atoms with Crippen molar-refractivity contribution >= 4 is 0 Å². The van der Waals surface area contributed by atoms with E-state index in [4.69, 9.17) is 10.5 Å². The fourth-order valence-corrected chi connectivity index (χ4v) is 1.83. The van der Waals surface area contributed by atoms with Gasteiger partial charge in [0.2, 0.25) is 0 Å². The molecule has 1 aromatic heterocycles. The van der Waals surface area contributed by atoms with E-state index < -0.39 is 0 Å². The van der Waals surface area contributed by atoms with Crippen LogP contribution in [0.15, 0.2) is 12.5 Å². The van der Waals surface area contributed by atoms with Crippen LogP contribution in [-0.2, 0) is 16.8 Å². The molecule has 0 aliphatic carbocycles. The molecule has 0 atom stereocenters. The lowest BCUT2D eigenvalue weighted by molar-refractivity contribution is -0.0232. The van der Waals surface area contributed by atoms with Gasteiger partial charge in [-0.2, -0.15) is 0 Å². The molecule has 0 aliphatic rings. The van der Waals surface area contributed by atoms with Gasteiger partial charge in [0.05, 0.1) is 29.7 Å². The lowest BCUT2D eigenvalue weighted by Gasteiger charge is -2.28. The van der Waals surface area contributed by atoms with E-state index in [1.165, 1.54) is 0 Å². The van der Waals surface area contributed by atoms with Crippen LogP contribution in [0.2, 0.25) is 0 Å². The van der Waals surface area contributed by atoms with Crippen molar-refractivity contribution < 1.29 is 4.74 Å². The molecule has 0 saturated carbocycles. The Bertz CT molecular complexity index is 336. The van der Waals surface area contributed by atoms with Crippen LogP contribution < -0.4 is 5.73 Å². The van der Waals surface area contributed by atoms with E-state index in [9.17, 15) is 0 Å². The zero-order valence-corrected chi connectivity index (χ0v) is 10.9. The highest BCUT2D eigenvalue weighted by atomic mass is 16.5. The maximum absolute atomic E-state index is 6.09. The van der Waals surface area contributed by atoms with Crippen LogP contribution in [0.4, 0.5) is 0 Å². The van der Waals surface area contributed by atoms with Gasteiger partial charge in [-0.1, -0.05) is 0 Å². The molecule has 4 nitrogen and oxygen atoms in total. The van der Waals surface area contributed by atoms with E-state index in [1.54, 1.807) is 0 Å². The number of aromatic nitrogens is 2. The van der Waals surface area contributed by atoms with Crippen molar-refractivity contribution in [2.45, 2.75) is 52.3 Å². The smallest absolute Gasteiger partial charge is 0.0949 e. The summed E-state index contributed by atoms with van der Waals surface area (Å²) in [5.74, 6) is 0. The molecule has 4 heteroatoms. The van der Waals surface area contributed by atoms with Crippen molar-refractivity contribution in [2.75, 3.05) is 6.61 Å². The summed E-state index contributed by atoms with van der Waals surface area (Å²) in [6.07, 6.45) is 3.63. The predicted molar refractivity (Wildman–Crippen MR) is 65.1 cm³/mol. The number of nitrogens with two attached hydrogens (primary N) is 1. The van der Waals surface area contributed by atoms with Crippen LogP contribution >= 0.6 is 0 Å². The summed E-state index contributed by atoms with van der Waals surface area (Å²) >= 11 is 0. The number of ether oxygens (including phenoxy) is 1. The Morgan fingerprint density at radius 3 is 2.50 bits per heavy atom. The fourth-order valence-electron chi connectivity index (χ4n) is 1.83. The first-order valence-corrected chi connectivity index (χ1v) is 5.70. The molecular weight excluding hydrogens is 202 g/mol. The Balaban J connectivity index is 2.86. The normalized spacial score (nSPS) is 13.1. The molecule has 0 saturated heterocycles. The van der Waals surface area contributed by atoms with E-state index in [2.05, 4.69) is 23.4 Å². The Morgan fingerprint density at radius 1 is 1.38 bits per heavy atom. The summed E-state index contributed by atoms with van der Waals surface area (Å²) in [4.78, 5) is 4.16. The molecule has 0 aliphatic heterocycles. The zero-order chi connectivity index (χ0) is 12.4. The molecule has 0 unspecified atom stereocenters. The Hall–Kier alpha value is -0.870. The van der Waals surface area contributed by atoms with Crippen LogP contribution in [0.5, 0.6) is 0 Å². The van der Waals surface area contributed by atoms with Crippen molar-refractivity contribution in [1.29, 1.82) is 0 Å². The van der Waals surface area contributed by atoms with E-state index in [1.807, 2.05) is 33.3 Å². The molecule has 0 fully saturated rings. The molecule has 0 bridgehead atoms. The fraction of sp³-hybridized carbons (Fsp3) is 0.750. The number of imidazole rings is 1. The molecule has 0 radical (unpaired) electrons. The molecule has 16 heavy (non-hydrogen) atoms. The molecule has 1 heterocycles. The zero-order valence-electron chi connectivity index (χ0n) is 10.9. The molecule has 2 N–H and O–H groups in total. The molecule has 1 aromatic rings. The molecule has 1 rings (SSSR count). The lowest BCUT2D eigenvalue weighted by Crippen LogP contribution is -2.36. The van der Waals surface area contributed by atoms with Gasteiger partial charge in [0.25, 0.3) is 0 Å². The summed E-state index contributed by atoms with van der Waals surface area (Å²) in [5, 5.41) is 0. The van der Waals surface area contributed by atoms with E-state index >= 15 is 0 Å². The number of hydrogen-bond donors (Lipinski definition) is 1. The topological polar surface area (TPSA) is 53.1 Å². The number of rotatable bonds is 5. The largest absolute Gasteiger partial charge is 0.374 e. The monoisotopic (exact) mass is 225 g/mol. The van der Waals surface area contributed by atoms with Gasteiger partial charge < -0.3 is 15.0 Å². The van der Waals surface area contributed by atoms with Gasteiger partial charge in [-0.05, 0) is 34.6 Å². The third kappa shape index (κ3) is 3.32. The molecule has 0 spiro atoms. The standard InChI is InChI=1S/C12H23N3O/c1-6-16-11(2,3)8-15-9-14-7-10(15)12(4,5)13/h7,9H,6,8,13H2,1-5H3. The quantitative estimate of drug-likeness (QED) is 0.832. The first-order chi connectivity index (χ1) is 7.26. The van der Waals surface area contributed by atoms with Gasteiger partial charge in [-0.25, -0.2) is 4.98 Å². The second-order valence-corrected chi connectivity index (χ2v) is 5.32. The molecule has 0 aromatic carbocycles. The average molecular weight is 225 g/mol. The second-order valence-electron chi connectivity index (χ2n) is 5.32. The maximum atomic E-state index is 6.09. The first-order valence-electron chi connectivity index (χ1n) is 5.70. The minimum atomic E-state index is -0.376. The first kappa shape index (κ1) is 13.2. The Kier molecular flexibility index (Phi) is 3.76. The van der Waals surface area contributed by atoms with Crippen LogP contribution in [0.3, 0.4) is 0 Å². The van der Waals surface area contributed by atoms with Crippen molar-refractivity contribution in [1.82, 2.24) is 9.55 Å². The summed E-state index contributed by atoms with van der Waals surface area (Å²) < 4.78 is 7.75. The minimum Gasteiger partial charge on any atom is -0.374 e. The van der Waals surface area contributed by atoms with Gasteiger partial charge >= 0.3 is 0 Å². The van der Waals surface area contributed by atoms with Crippen LogP contribution in [0, 0.1) is 0 Å². The average Bonchev–Trinajstić information content (AvgIpc) is 2.49. The highest BCUT2D eigenvalue weighted by molar-refractivity contribution is 5.10. The lowest BCUT2D eigenvalue weighted by atomic mass is 10.0. The van der Waals surface area contributed by atoms with Crippen molar-refractivity contribution in [2.24, 2.45) is 5.73 Å². The maximum Gasteiger partial charge on any atom is 0.0949 e. The third-order valence-corrected chi connectivity index (χ3v) is 2.46. The highest BCUT2D eigenvalue weighted by Gasteiger charge is 2.24. The van der Waals surface area contributed by atoms with Crippen molar-refractivity contribution in [3.05, 3.63) is 18.2 Å². The van der Waals surface area contributed by atoms with Crippen LogP contribution in [0.1, 0.15) is 40.3 Å². The van der Waals surface area contributed by atoms with Crippen molar-refractivity contribution in [3.8, 4) is 0 Å². The second kappa shape index (κ2) is 4.55. The molecular formula is C12H23N3O. The van der Waals surface area contributed by atoms with Crippen LogP contribution in [-0.4, -0.2) is 21.8 Å². The van der Waals surface area contributed by atoms with Crippen molar-refractivity contribution in [3.63, 3.8) is 0 Å². The van der Waals surface area contributed by atoms with Crippen LogP contribution in [0.25, 0.3) is 0 Å². The van der Waals surface area contributed by atoms with Gasteiger partial charge in [-0.3, -0.25) is 0 Å². The molecule has 0 amide bonds. The minimum absolute atomic E-state index is 0.199. The highest BCUT2D eigenvalue weighted by Crippen LogP contribution is 2.20. The molecule has 92 valence electrons. The third-order valence-electron chi connectivity index (χ3n) is 2.46. The van der Waals surface area contributed by atoms with E-state index in [-0.39, 0.29) is 11.1 Å². The van der Waals surface area contributed by atoms with Gasteiger partial charge in [-0.15, -0.1) is 0 Å². The number of hydrogen-bond acceptors (Lipinski definition) is 3. The summed E-state index contributed by atoms with van der Waals surface area (Å²) in [6.45, 7) is 11.6. The summed E-state index contributed by atoms with van der Waals surface area (Å²) in [7, 11) is 0. The van der Waals surface area contributed by atoms with E-state index in [0.717, 1.165) is 12.2 Å². The predicted octanol–water partition coefficient (Wildman–Crippen LogP) is 1.89. The summed E-state index contributed by atoms with van der Waals surface area (Å²) in [6, 6.07) is 0. The SMILES string of the molecule is CCOC(C)(C)Cn1cncc1C(C)(C)N. The van der Waals surface area contributed by atoms with E-state index in [0.29, 0.717) is 6.61 Å². The Labute approximate surface area is 97.8 Å². The van der Waals surface area contributed by atoms with Gasteiger partial charge in [0.1, 0.15) is 0 Å². The number of nitrogens with zero attached hydrogens (tertiary/aromatic N) is 2. The summed E-state index contributed by atoms with van der Waals surface area (Å²) in [5.41, 5.74) is 6.55.